The number of aromatic nitrogens is 3. The molecular weight excluding hydrogens is 608 g/mol. The molecule has 7 rings (SSSR count). The van der Waals surface area contributed by atoms with Crippen molar-refractivity contribution in [2.75, 3.05) is 51.5 Å². The summed E-state index contributed by atoms with van der Waals surface area (Å²) in [5.41, 5.74) is 5.11. The second-order valence-corrected chi connectivity index (χ2v) is 11.8. The molecule has 266 valence electrons. The number of aromatic hydroxyl groups is 1. The maximum atomic E-state index is 13.1. The van der Waals surface area contributed by atoms with Crippen LogP contribution in [0.5, 0.6) is 5.75 Å². The smallest absolute Gasteiger partial charge is 0.259 e. The van der Waals surface area contributed by atoms with Gasteiger partial charge >= 0.3 is 0 Å². The fourth-order valence-electron chi connectivity index (χ4n) is 6.27. The Morgan fingerprint density at radius 1 is 0.646 bits per heavy atom. The van der Waals surface area contributed by atoms with Gasteiger partial charge in [0.05, 0.1) is 5.56 Å². The van der Waals surface area contributed by atoms with Crippen molar-refractivity contribution in [1.29, 1.82) is 0 Å². The van der Waals surface area contributed by atoms with Gasteiger partial charge < -0.3 is 55.0 Å². The van der Waals surface area contributed by atoms with Crippen LogP contribution in [0.4, 0.5) is 34.9 Å². The number of carbonyl (C=O) groups excluding carboxylic acids is 1. The van der Waals surface area contributed by atoms with E-state index in [0.717, 1.165) is 88.2 Å². The third kappa shape index (κ3) is 8.27. The number of fused-ring (bicyclic) bond motifs is 1. The summed E-state index contributed by atoms with van der Waals surface area (Å²) in [5.74, 6) is 1.56. The Labute approximate surface area is 288 Å². The first-order valence-electron chi connectivity index (χ1n) is 15.7. The van der Waals surface area contributed by atoms with Crippen LogP contribution in [-0.4, -0.2) is 52.1 Å². The SMILES string of the molecule is N.N.N.N.O=C(Nc1ccc(Nc2nc(N3CCCCC3)nc(N3CCCCC3)n2)cc1)c1ccc(N2Cc3ccccc3C2)cc1O.[HH].[HH].[HH].[HH]. The normalized spacial score (nSPS) is 15.1. The van der Waals surface area contributed by atoms with Gasteiger partial charge in [0.25, 0.3) is 5.91 Å². The lowest BCUT2D eigenvalue weighted by molar-refractivity contribution is 0.102. The van der Waals surface area contributed by atoms with Crippen LogP contribution in [0.3, 0.4) is 0 Å². The molecule has 0 bridgehead atoms. The van der Waals surface area contributed by atoms with E-state index in [-0.39, 0.29) is 47.5 Å². The number of amides is 1. The number of phenolic OH excluding ortho intramolecular Hbond substituents is 1. The summed E-state index contributed by atoms with van der Waals surface area (Å²) >= 11 is 0. The Morgan fingerprint density at radius 3 is 1.69 bits per heavy atom. The highest BCUT2D eigenvalue weighted by Crippen LogP contribution is 2.32. The minimum absolute atomic E-state index is 0. The van der Waals surface area contributed by atoms with Crippen LogP contribution in [0.15, 0.2) is 66.7 Å². The number of phenols is 1. The van der Waals surface area contributed by atoms with Crippen LogP contribution in [0.25, 0.3) is 0 Å². The summed E-state index contributed by atoms with van der Waals surface area (Å²) in [4.78, 5) is 34.2. The maximum Gasteiger partial charge on any atom is 0.259 e. The number of benzene rings is 3. The molecule has 3 aromatic carbocycles. The topological polar surface area (TPSA) is 250 Å². The molecule has 15 N–H and O–H groups in total. The highest BCUT2D eigenvalue weighted by molar-refractivity contribution is 6.06. The zero-order valence-corrected chi connectivity index (χ0v) is 27.7. The lowest BCUT2D eigenvalue weighted by Crippen LogP contribution is -2.34. The molecule has 4 aromatic rings. The van der Waals surface area contributed by atoms with Crippen LogP contribution in [0.2, 0.25) is 0 Å². The van der Waals surface area contributed by atoms with Gasteiger partial charge in [-0.3, -0.25) is 4.79 Å². The number of anilines is 6. The minimum atomic E-state index is -0.366. The van der Waals surface area contributed by atoms with Crippen LogP contribution in [0.1, 0.15) is 65.7 Å². The number of hydrogen-bond donors (Lipinski definition) is 7. The summed E-state index contributed by atoms with van der Waals surface area (Å²) in [6, 6.07) is 21.0. The zero-order valence-electron chi connectivity index (χ0n) is 27.7. The molecule has 0 atom stereocenters. The van der Waals surface area contributed by atoms with Crippen molar-refractivity contribution >= 4 is 40.8 Å². The summed E-state index contributed by atoms with van der Waals surface area (Å²) < 4.78 is 0. The van der Waals surface area contributed by atoms with Crippen molar-refractivity contribution in [2.24, 2.45) is 0 Å². The Balaban J connectivity index is 0. The number of carbonyl (C=O) groups is 1. The molecule has 1 aromatic heterocycles. The van der Waals surface area contributed by atoms with E-state index in [2.05, 4.69) is 37.5 Å². The Bertz CT molecular complexity index is 1600. The second-order valence-electron chi connectivity index (χ2n) is 11.8. The van der Waals surface area contributed by atoms with Gasteiger partial charge in [0.2, 0.25) is 17.8 Å². The largest absolute Gasteiger partial charge is 0.507 e. The minimum Gasteiger partial charge on any atom is -0.507 e. The molecule has 3 aliphatic heterocycles. The Kier molecular flexibility index (Phi) is 13.0. The number of nitrogens with one attached hydrogen (secondary N) is 2. The quantitative estimate of drug-likeness (QED) is 0.0999. The number of hydrogen-bond acceptors (Lipinski definition) is 13. The van der Waals surface area contributed by atoms with Crippen molar-refractivity contribution in [3.63, 3.8) is 0 Å². The average Bonchev–Trinajstić information content (AvgIpc) is 3.51. The van der Waals surface area contributed by atoms with Crippen molar-refractivity contribution < 1.29 is 15.6 Å². The maximum absolute atomic E-state index is 13.1. The van der Waals surface area contributed by atoms with Crippen molar-refractivity contribution in [3.05, 3.63) is 83.4 Å². The monoisotopic (exact) mass is 666 g/mol. The summed E-state index contributed by atoms with van der Waals surface area (Å²) in [5, 5.41) is 17.0. The molecule has 14 heteroatoms. The first-order valence-corrected chi connectivity index (χ1v) is 15.7. The molecule has 4 heterocycles. The van der Waals surface area contributed by atoms with Crippen LogP contribution < -0.4 is 49.9 Å². The highest BCUT2D eigenvalue weighted by atomic mass is 16.3. The van der Waals surface area contributed by atoms with E-state index in [9.17, 15) is 9.90 Å². The molecule has 0 unspecified atom stereocenters. The molecular formula is C34H58N12O2. The summed E-state index contributed by atoms with van der Waals surface area (Å²) in [7, 11) is 0. The summed E-state index contributed by atoms with van der Waals surface area (Å²) in [6.45, 7) is 5.41. The van der Waals surface area contributed by atoms with Crippen molar-refractivity contribution in [1.82, 2.24) is 39.6 Å². The number of piperidine rings is 2. The fourth-order valence-corrected chi connectivity index (χ4v) is 6.27. The third-order valence-electron chi connectivity index (χ3n) is 8.72. The van der Waals surface area contributed by atoms with E-state index in [1.54, 1.807) is 12.1 Å². The first-order chi connectivity index (χ1) is 21.6. The molecule has 1 amide bonds. The van der Waals surface area contributed by atoms with Crippen molar-refractivity contribution in [2.45, 2.75) is 51.6 Å². The van der Waals surface area contributed by atoms with Gasteiger partial charge in [-0.15, -0.1) is 0 Å². The van der Waals surface area contributed by atoms with E-state index in [1.807, 2.05) is 42.5 Å². The van der Waals surface area contributed by atoms with Gasteiger partial charge in [-0.2, -0.15) is 15.0 Å². The molecule has 0 spiro atoms. The van der Waals surface area contributed by atoms with Gasteiger partial charge in [0.15, 0.2) is 0 Å². The van der Waals surface area contributed by atoms with Crippen LogP contribution in [0, 0.1) is 0 Å². The number of nitrogens with zero attached hydrogens (tertiary/aromatic N) is 6. The molecule has 3 aliphatic rings. The zero-order chi connectivity index (χ0) is 29.9. The van der Waals surface area contributed by atoms with Gasteiger partial charge in [0.1, 0.15) is 5.75 Å². The van der Waals surface area contributed by atoms with Crippen LogP contribution in [-0.2, 0) is 13.1 Å². The number of rotatable bonds is 7. The summed E-state index contributed by atoms with van der Waals surface area (Å²) in [6.07, 6.45) is 7.08. The predicted molar refractivity (Wildman–Crippen MR) is 203 cm³/mol. The van der Waals surface area contributed by atoms with Gasteiger partial charge in [-0.1, -0.05) is 24.3 Å². The molecule has 0 saturated carbocycles. The van der Waals surface area contributed by atoms with Gasteiger partial charge in [0, 0.05) is 68.1 Å². The molecule has 2 saturated heterocycles. The van der Waals surface area contributed by atoms with Gasteiger partial charge in [-0.05, 0) is 86.1 Å². The molecule has 48 heavy (non-hydrogen) atoms. The van der Waals surface area contributed by atoms with E-state index in [1.165, 1.54) is 24.0 Å². The predicted octanol–water partition coefficient (Wildman–Crippen LogP) is 7.71. The van der Waals surface area contributed by atoms with E-state index < -0.39 is 0 Å². The molecule has 14 nitrogen and oxygen atoms in total. The lowest BCUT2D eigenvalue weighted by atomic mass is 10.1. The molecule has 0 aliphatic carbocycles. The Morgan fingerprint density at radius 2 is 1.17 bits per heavy atom. The third-order valence-corrected chi connectivity index (χ3v) is 8.72. The van der Waals surface area contributed by atoms with Gasteiger partial charge in [-0.25, -0.2) is 0 Å². The standard InChI is InChI=1S/C34H38N8O2.4H3N.4H2/c43-30-21-28(42-22-24-9-3-4-10-25(24)23-42)15-16-29(30)31(44)35-26-11-13-27(14-12-26)36-32-37-33(40-17-5-1-6-18-40)39-34(38-32)41-19-7-2-8-20-41;;;;;;;;/h3-4,9-16,21,43H,1-2,5-8,17-20,22-23H2,(H,35,44)(H,36,37,38,39);4*1H3;4*1H. The van der Waals surface area contributed by atoms with E-state index in [4.69, 9.17) is 15.0 Å². The van der Waals surface area contributed by atoms with E-state index >= 15 is 0 Å². The highest BCUT2D eigenvalue weighted by Gasteiger charge is 2.22. The fraction of sp³-hybridized carbons (Fsp3) is 0.353. The lowest BCUT2D eigenvalue weighted by Gasteiger charge is -2.30. The second kappa shape index (κ2) is 16.7. The molecule has 0 radical (unpaired) electrons. The molecule has 2 fully saturated rings. The van der Waals surface area contributed by atoms with E-state index in [0.29, 0.717) is 11.6 Å². The van der Waals surface area contributed by atoms with Crippen LogP contribution >= 0.6 is 0 Å². The average molecular weight is 667 g/mol. The Hall–Kier alpha value is -5.02. The first kappa shape index (κ1) is 37.4. The van der Waals surface area contributed by atoms with Crippen molar-refractivity contribution in [3.8, 4) is 5.75 Å².